The van der Waals surface area contributed by atoms with Crippen LogP contribution < -0.4 is 10.5 Å². The van der Waals surface area contributed by atoms with Crippen molar-refractivity contribution in [3.05, 3.63) is 11.4 Å². The molecule has 2 rings (SSSR count). The molecule has 1 amide bonds. The number of rotatable bonds is 6. The molecular formula is C12H20N4O3S. The first-order chi connectivity index (χ1) is 9.27. The van der Waals surface area contributed by atoms with Gasteiger partial charge < -0.3 is 5.32 Å². The monoisotopic (exact) mass is 300 g/mol. The van der Waals surface area contributed by atoms with E-state index in [9.17, 15) is 13.2 Å². The molecular weight excluding hydrogens is 280 g/mol. The van der Waals surface area contributed by atoms with Gasteiger partial charge in [0.1, 0.15) is 4.90 Å². The van der Waals surface area contributed by atoms with Gasteiger partial charge in [-0.3, -0.25) is 9.89 Å². The van der Waals surface area contributed by atoms with Gasteiger partial charge in [0.25, 0.3) is 5.91 Å². The SMILES string of the molecule is CCCc1[nH]nc(C(=O)NCC2(C)CC2)c1S(N)(=O)=O. The zero-order valence-electron chi connectivity index (χ0n) is 11.7. The van der Waals surface area contributed by atoms with Crippen LogP contribution in [0.1, 0.15) is 49.3 Å². The molecule has 0 unspecified atom stereocenters. The van der Waals surface area contributed by atoms with Crippen LogP contribution in [-0.4, -0.2) is 31.1 Å². The molecule has 7 nitrogen and oxygen atoms in total. The molecule has 0 aromatic carbocycles. The van der Waals surface area contributed by atoms with Gasteiger partial charge in [-0.15, -0.1) is 0 Å². The first kappa shape index (κ1) is 15.0. The van der Waals surface area contributed by atoms with Crippen LogP contribution in [0.3, 0.4) is 0 Å². The van der Waals surface area contributed by atoms with Crippen molar-refractivity contribution in [3.8, 4) is 0 Å². The summed E-state index contributed by atoms with van der Waals surface area (Å²) >= 11 is 0. The first-order valence-corrected chi connectivity index (χ1v) is 8.20. The van der Waals surface area contributed by atoms with Crippen LogP contribution in [0, 0.1) is 5.41 Å². The van der Waals surface area contributed by atoms with Crippen LogP contribution in [-0.2, 0) is 16.4 Å². The third-order valence-corrected chi connectivity index (χ3v) is 4.58. The molecule has 0 aliphatic heterocycles. The Morgan fingerprint density at radius 1 is 1.50 bits per heavy atom. The van der Waals surface area contributed by atoms with Crippen LogP contribution >= 0.6 is 0 Å². The third-order valence-electron chi connectivity index (χ3n) is 3.57. The summed E-state index contributed by atoms with van der Waals surface area (Å²) in [6.45, 7) is 4.49. The van der Waals surface area contributed by atoms with Crippen LogP contribution in [0.2, 0.25) is 0 Å². The molecule has 4 N–H and O–H groups in total. The second kappa shape index (κ2) is 5.17. The first-order valence-electron chi connectivity index (χ1n) is 6.65. The van der Waals surface area contributed by atoms with Crippen molar-refractivity contribution in [2.24, 2.45) is 10.6 Å². The number of aromatic amines is 1. The molecule has 1 saturated carbocycles. The Bertz CT molecular complexity index is 617. The van der Waals surface area contributed by atoms with E-state index in [-0.39, 0.29) is 16.0 Å². The second-order valence-electron chi connectivity index (χ2n) is 5.67. The maximum absolute atomic E-state index is 12.1. The summed E-state index contributed by atoms with van der Waals surface area (Å²) in [7, 11) is -3.98. The maximum Gasteiger partial charge on any atom is 0.273 e. The highest BCUT2D eigenvalue weighted by atomic mass is 32.2. The number of amides is 1. The average molecular weight is 300 g/mol. The molecule has 0 radical (unpaired) electrons. The van der Waals surface area contributed by atoms with Gasteiger partial charge in [-0.1, -0.05) is 20.3 Å². The van der Waals surface area contributed by atoms with Gasteiger partial charge in [0.15, 0.2) is 5.69 Å². The summed E-state index contributed by atoms with van der Waals surface area (Å²) in [6.07, 6.45) is 3.33. The number of nitrogens with zero attached hydrogens (tertiary/aromatic N) is 1. The van der Waals surface area contributed by atoms with E-state index in [4.69, 9.17) is 5.14 Å². The maximum atomic E-state index is 12.1. The molecule has 1 aromatic rings. The number of aryl methyl sites for hydroxylation is 1. The lowest BCUT2D eigenvalue weighted by Crippen LogP contribution is -2.31. The minimum atomic E-state index is -3.98. The Labute approximate surface area is 118 Å². The topological polar surface area (TPSA) is 118 Å². The van der Waals surface area contributed by atoms with Crippen molar-refractivity contribution in [2.75, 3.05) is 6.54 Å². The van der Waals surface area contributed by atoms with Crippen LogP contribution in [0.5, 0.6) is 0 Å². The standard InChI is InChI=1S/C12H20N4O3S/c1-3-4-8-10(20(13,18)19)9(16-15-8)11(17)14-7-12(2)5-6-12/h3-7H2,1-2H3,(H,14,17)(H,15,16)(H2,13,18,19). The van der Waals surface area contributed by atoms with Gasteiger partial charge in [-0.05, 0) is 24.7 Å². The summed E-state index contributed by atoms with van der Waals surface area (Å²) in [6, 6.07) is 0. The molecule has 1 fully saturated rings. The van der Waals surface area contributed by atoms with Crippen molar-refractivity contribution in [3.63, 3.8) is 0 Å². The molecule has 8 heteroatoms. The van der Waals surface area contributed by atoms with Crippen LogP contribution in [0.25, 0.3) is 0 Å². The van der Waals surface area contributed by atoms with Gasteiger partial charge in [0.2, 0.25) is 10.0 Å². The molecule has 1 aliphatic rings. The fourth-order valence-electron chi connectivity index (χ4n) is 2.02. The number of carbonyl (C=O) groups is 1. The quantitative estimate of drug-likeness (QED) is 0.710. The highest BCUT2D eigenvalue weighted by Gasteiger charge is 2.38. The van der Waals surface area contributed by atoms with Gasteiger partial charge in [0, 0.05) is 6.54 Å². The van der Waals surface area contributed by atoms with E-state index in [2.05, 4.69) is 22.4 Å². The molecule has 1 aliphatic carbocycles. The van der Waals surface area contributed by atoms with Crippen LogP contribution in [0.4, 0.5) is 0 Å². The lowest BCUT2D eigenvalue weighted by Gasteiger charge is -2.09. The Morgan fingerprint density at radius 3 is 2.65 bits per heavy atom. The highest BCUT2D eigenvalue weighted by Crippen LogP contribution is 2.44. The summed E-state index contributed by atoms with van der Waals surface area (Å²) in [5, 5.41) is 14.4. The van der Waals surface area contributed by atoms with Crippen molar-refractivity contribution in [1.82, 2.24) is 15.5 Å². The predicted octanol–water partition coefficient (Wildman–Crippen LogP) is 0.540. The number of nitrogens with two attached hydrogens (primary N) is 1. The minimum absolute atomic E-state index is 0.139. The Balaban J connectivity index is 2.24. The molecule has 20 heavy (non-hydrogen) atoms. The van der Waals surface area contributed by atoms with Crippen molar-refractivity contribution < 1.29 is 13.2 Å². The Kier molecular flexibility index (Phi) is 3.88. The number of H-pyrrole nitrogens is 1. The molecule has 0 spiro atoms. The van der Waals surface area contributed by atoms with Crippen molar-refractivity contribution in [2.45, 2.75) is 44.4 Å². The number of primary sulfonamides is 1. The Morgan fingerprint density at radius 2 is 2.15 bits per heavy atom. The summed E-state index contributed by atoms with van der Waals surface area (Å²) in [4.78, 5) is 11.9. The number of nitrogens with one attached hydrogen (secondary N) is 2. The fourth-order valence-corrected chi connectivity index (χ4v) is 2.91. The molecule has 1 heterocycles. The van der Waals surface area contributed by atoms with E-state index in [0.29, 0.717) is 18.7 Å². The molecule has 1 aromatic heterocycles. The van der Waals surface area contributed by atoms with E-state index in [1.165, 1.54) is 0 Å². The third kappa shape index (κ3) is 3.18. The normalized spacial score (nSPS) is 16.9. The van der Waals surface area contributed by atoms with Gasteiger partial charge >= 0.3 is 0 Å². The number of carbonyl (C=O) groups excluding carboxylic acids is 1. The second-order valence-corrected chi connectivity index (χ2v) is 7.17. The van der Waals surface area contributed by atoms with Crippen molar-refractivity contribution >= 4 is 15.9 Å². The van der Waals surface area contributed by atoms with E-state index in [1.54, 1.807) is 0 Å². The number of hydrogen-bond acceptors (Lipinski definition) is 4. The van der Waals surface area contributed by atoms with Crippen LogP contribution in [0.15, 0.2) is 4.90 Å². The molecule has 0 saturated heterocycles. The van der Waals surface area contributed by atoms with E-state index in [1.807, 2.05) is 6.92 Å². The number of hydrogen-bond donors (Lipinski definition) is 3. The smallest absolute Gasteiger partial charge is 0.273 e. The zero-order chi connectivity index (χ0) is 15.0. The number of sulfonamides is 1. The summed E-state index contributed by atoms with van der Waals surface area (Å²) in [5.41, 5.74) is 0.387. The van der Waals surface area contributed by atoms with E-state index in [0.717, 1.165) is 19.3 Å². The van der Waals surface area contributed by atoms with Gasteiger partial charge in [0.05, 0.1) is 5.69 Å². The van der Waals surface area contributed by atoms with E-state index >= 15 is 0 Å². The van der Waals surface area contributed by atoms with Gasteiger partial charge in [-0.2, -0.15) is 5.10 Å². The lowest BCUT2D eigenvalue weighted by molar-refractivity contribution is 0.0937. The largest absolute Gasteiger partial charge is 0.350 e. The van der Waals surface area contributed by atoms with Gasteiger partial charge in [-0.25, -0.2) is 13.6 Å². The summed E-state index contributed by atoms with van der Waals surface area (Å²) < 4.78 is 23.3. The highest BCUT2D eigenvalue weighted by molar-refractivity contribution is 7.89. The average Bonchev–Trinajstić information content (AvgIpc) is 2.91. The van der Waals surface area contributed by atoms with E-state index < -0.39 is 15.9 Å². The predicted molar refractivity (Wildman–Crippen MR) is 73.6 cm³/mol. The van der Waals surface area contributed by atoms with Crippen molar-refractivity contribution in [1.29, 1.82) is 0 Å². The molecule has 0 atom stereocenters. The molecule has 0 bridgehead atoms. The minimum Gasteiger partial charge on any atom is -0.350 e. The fraction of sp³-hybridized carbons (Fsp3) is 0.667. The lowest BCUT2D eigenvalue weighted by atomic mass is 10.1. The summed E-state index contributed by atoms with van der Waals surface area (Å²) in [5.74, 6) is -0.499. The molecule has 112 valence electrons. The number of aromatic nitrogens is 2. The zero-order valence-corrected chi connectivity index (χ0v) is 12.5. The Hall–Kier alpha value is -1.41.